The first-order valence-electron chi connectivity index (χ1n) is 6.26. The van der Waals surface area contributed by atoms with Gasteiger partial charge in [-0.2, -0.15) is 0 Å². The van der Waals surface area contributed by atoms with E-state index in [2.05, 4.69) is 22.9 Å². The van der Waals surface area contributed by atoms with E-state index in [-0.39, 0.29) is 0 Å². The second kappa shape index (κ2) is 5.73. The number of hydrogen-bond donors (Lipinski definition) is 2. The Hall–Kier alpha value is -1.48. The summed E-state index contributed by atoms with van der Waals surface area (Å²) in [7, 11) is 0. The maximum Gasteiger partial charge on any atom is 0.0481 e. The van der Waals surface area contributed by atoms with Gasteiger partial charge in [0.05, 0.1) is 0 Å². The Morgan fingerprint density at radius 3 is 2.71 bits per heavy atom. The van der Waals surface area contributed by atoms with Gasteiger partial charge in [0.15, 0.2) is 0 Å². The Kier molecular flexibility index (Phi) is 4.04. The first kappa shape index (κ1) is 12.0. The molecular weight excluding hydrogens is 212 g/mol. The van der Waals surface area contributed by atoms with Gasteiger partial charge < -0.3 is 15.4 Å². The van der Waals surface area contributed by atoms with E-state index in [4.69, 9.17) is 10.8 Å². The molecule has 0 spiro atoms. The van der Waals surface area contributed by atoms with Gasteiger partial charge in [0.25, 0.3) is 0 Å². The highest BCUT2D eigenvalue weighted by molar-refractivity contribution is 5.83. The lowest BCUT2D eigenvalue weighted by Crippen LogP contribution is -1.96. The van der Waals surface area contributed by atoms with Gasteiger partial charge in [-0.25, -0.2) is 0 Å². The van der Waals surface area contributed by atoms with Gasteiger partial charge in [-0.3, -0.25) is 0 Å². The van der Waals surface area contributed by atoms with Gasteiger partial charge in [0.1, 0.15) is 0 Å². The van der Waals surface area contributed by atoms with Crippen LogP contribution in [0.25, 0.3) is 10.9 Å². The van der Waals surface area contributed by atoms with Gasteiger partial charge >= 0.3 is 0 Å². The van der Waals surface area contributed by atoms with Gasteiger partial charge in [-0.1, -0.05) is 12.8 Å². The largest absolute Gasteiger partial charge is 0.399 e. The summed E-state index contributed by atoms with van der Waals surface area (Å²) in [4.78, 5) is 0. The van der Waals surface area contributed by atoms with E-state index in [0.717, 1.165) is 31.5 Å². The minimum atomic E-state index is 0.311. The fraction of sp³-hybridized carbons (Fsp3) is 0.429. The summed E-state index contributed by atoms with van der Waals surface area (Å²) in [5.41, 5.74) is 7.82. The summed E-state index contributed by atoms with van der Waals surface area (Å²) in [5, 5.41) is 9.91. The van der Waals surface area contributed by atoms with Crippen LogP contribution < -0.4 is 5.73 Å². The molecular formula is C14H20N2O. The minimum Gasteiger partial charge on any atom is -0.399 e. The summed E-state index contributed by atoms with van der Waals surface area (Å²) in [6.45, 7) is 1.35. The average molecular weight is 232 g/mol. The molecule has 0 fully saturated rings. The molecule has 92 valence electrons. The molecule has 0 bridgehead atoms. The second-order valence-electron chi connectivity index (χ2n) is 4.47. The zero-order valence-electron chi connectivity index (χ0n) is 10.1. The molecule has 1 aromatic carbocycles. The summed E-state index contributed by atoms with van der Waals surface area (Å²) < 4.78 is 2.27. The van der Waals surface area contributed by atoms with Crippen LogP contribution >= 0.6 is 0 Å². The molecule has 0 aliphatic carbocycles. The lowest BCUT2D eigenvalue weighted by molar-refractivity contribution is 0.282. The molecule has 1 heterocycles. The SMILES string of the molecule is Nc1ccc2c(ccn2CCCCCCO)c1. The van der Waals surface area contributed by atoms with E-state index in [1.807, 2.05) is 12.1 Å². The number of fused-ring (bicyclic) bond motifs is 1. The third kappa shape index (κ3) is 3.01. The number of aliphatic hydroxyl groups is 1. The lowest BCUT2D eigenvalue weighted by atomic mass is 10.2. The minimum absolute atomic E-state index is 0.311. The fourth-order valence-electron chi connectivity index (χ4n) is 2.16. The molecule has 0 saturated heterocycles. The molecule has 3 N–H and O–H groups in total. The number of nitrogens with zero attached hydrogens (tertiary/aromatic N) is 1. The van der Waals surface area contributed by atoms with Gasteiger partial charge in [0.2, 0.25) is 0 Å². The zero-order valence-corrected chi connectivity index (χ0v) is 10.1. The van der Waals surface area contributed by atoms with Crippen molar-refractivity contribution in [1.29, 1.82) is 0 Å². The van der Waals surface area contributed by atoms with Crippen molar-refractivity contribution in [3.05, 3.63) is 30.5 Å². The number of hydrogen-bond acceptors (Lipinski definition) is 2. The Labute approximate surface area is 102 Å². The van der Waals surface area contributed by atoms with E-state index in [1.165, 1.54) is 17.3 Å². The van der Waals surface area contributed by atoms with Crippen LogP contribution in [-0.4, -0.2) is 16.3 Å². The summed E-state index contributed by atoms with van der Waals surface area (Å²) in [6.07, 6.45) is 6.49. The standard InChI is InChI=1S/C14H20N2O/c15-13-5-6-14-12(11-13)7-9-16(14)8-3-1-2-4-10-17/h5-7,9,11,17H,1-4,8,10,15H2. The van der Waals surface area contributed by atoms with Crippen molar-refractivity contribution in [3.8, 4) is 0 Å². The number of anilines is 1. The number of rotatable bonds is 6. The normalized spacial score (nSPS) is 11.1. The van der Waals surface area contributed by atoms with Crippen molar-refractivity contribution in [1.82, 2.24) is 4.57 Å². The molecule has 2 aromatic rings. The molecule has 3 nitrogen and oxygen atoms in total. The van der Waals surface area contributed by atoms with E-state index in [9.17, 15) is 0 Å². The lowest BCUT2D eigenvalue weighted by Gasteiger charge is -2.05. The molecule has 0 amide bonds. The highest BCUT2D eigenvalue weighted by atomic mass is 16.2. The van der Waals surface area contributed by atoms with E-state index in [1.54, 1.807) is 0 Å². The van der Waals surface area contributed by atoms with Gasteiger partial charge in [-0.05, 0) is 37.1 Å². The molecule has 0 aliphatic rings. The Balaban J connectivity index is 1.95. The quantitative estimate of drug-likeness (QED) is 0.594. The van der Waals surface area contributed by atoms with Crippen LogP contribution in [0.15, 0.2) is 30.5 Å². The molecule has 0 aliphatic heterocycles. The molecule has 3 heteroatoms. The molecule has 0 unspecified atom stereocenters. The summed E-state index contributed by atoms with van der Waals surface area (Å²) in [6, 6.07) is 8.15. The van der Waals surface area contributed by atoms with Crippen LogP contribution in [0.5, 0.6) is 0 Å². The van der Waals surface area contributed by atoms with Crippen LogP contribution in [0.3, 0.4) is 0 Å². The van der Waals surface area contributed by atoms with Crippen molar-refractivity contribution >= 4 is 16.6 Å². The molecule has 0 atom stereocenters. The first-order valence-corrected chi connectivity index (χ1v) is 6.26. The van der Waals surface area contributed by atoms with Crippen LogP contribution in [0.1, 0.15) is 25.7 Å². The fourth-order valence-corrected chi connectivity index (χ4v) is 2.16. The van der Waals surface area contributed by atoms with E-state index < -0.39 is 0 Å². The number of aryl methyl sites for hydroxylation is 1. The Bertz CT molecular complexity index is 476. The molecule has 0 radical (unpaired) electrons. The van der Waals surface area contributed by atoms with Gasteiger partial charge in [0, 0.05) is 35.9 Å². The average Bonchev–Trinajstić information content (AvgIpc) is 2.71. The first-order chi connectivity index (χ1) is 8.31. The smallest absolute Gasteiger partial charge is 0.0481 e. The highest BCUT2D eigenvalue weighted by Gasteiger charge is 2.00. The third-order valence-electron chi connectivity index (χ3n) is 3.10. The van der Waals surface area contributed by atoms with Crippen molar-refractivity contribution < 1.29 is 5.11 Å². The van der Waals surface area contributed by atoms with Gasteiger partial charge in [-0.15, -0.1) is 0 Å². The summed E-state index contributed by atoms with van der Waals surface area (Å²) >= 11 is 0. The Morgan fingerprint density at radius 1 is 1.06 bits per heavy atom. The van der Waals surface area contributed by atoms with Crippen molar-refractivity contribution in [2.24, 2.45) is 0 Å². The van der Waals surface area contributed by atoms with Crippen LogP contribution in [-0.2, 0) is 6.54 Å². The summed E-state index contributed by atoms with van der Waals surface area (Å²) in [5.74, 6) is 0. The monoisotopic (exact) mass is 232 g/mol. The van der Waals surface area contributed by atoms with Crippen LogP contribution in [0, 0.1) is 0 Å². The molecule has 0 saturated carbocycles. The highest BCUT2D eigenvalue weighted by Crippen LogP contribution is 2.19. The van der Waals surface area contributed by atoms with Crippen molar-refractivity contribution in [2.75, 3.05) is 12.3 Å². The zero-order chi connectivity index (χ0) is 12.1. The second-order valence-corrected chi connectivity index (χ2v) is 4.47. The van der Waals surface area contributed by atoms with E-state index >= 15 is 0 Å². The number of aromatic nitrogens is 1. The topological polar surface area (TPSA) is 51.2 Å². The maximum absolute atomic E-state index is 8.70. The maximum atomic E-state index is 8.70. The van der Waals surface area contributed by atoms with Crippen LogP contribution in [0.2, 0.25) is 0 Å². The number of benzene rings is 1. The third-order valence-corrected chi connectivity index (χ3v) is 3.10. The van der Waals surface area contributed by atoms with Crippen molar-refractivity contribution in [3.63, 3.8) is 0 Å². The molecule has 17 heavy (non-hydrogen) atoms. The number of aliphatic hydroxyl groups excluding tert-OH is 1. The predicted molar refractivity (Wildman–Crippen MR) is 71.9 cm³/mol. The number of nitrogen functional groups attached to an aromatic ring is 1. The van der Waals surface area contributed by atoms with Crippen LogP contribution in [0.4, 0.5) is 5.69 Å². The molecule has 1 aromatic heterocycles. The predicted octanol–water partition coefficient (Wildman–Crippen LogP) is 2.78. The van der Waals surface area contributed by atoms with Crippen molar-refractivity contribution in [2.45, 2.75) is 32.2 Å². The number of unbranched alkanes of at least 4 members (excludes halogenated alkanes) is 3. The Morgan fingerprint density at radius 2 is 1.88 bits per heavy atom. The number of nitrogens with two attached hydrogens (primary N) is 1. The molecule has 2 rings (SSSR count). The van der Waals surface area contributed by atoms with E-state index in [0.29, 0.717) is 6.61 Å².